The van der Waals surface area contributed by atoms with Gasteiger partial charge in [-0.15, -0.1) is 0 Å². The second-order valence-corrected chi connectivity index (χ2v) is 9.10. The number of hydrogen-bond donors (Lipinski definition) is 0. The number of amides is 1. The number of hydrogen-bond acceptors (Lipinski definition) is 6. The Bertz CT molecular complexity index is 879. The van der Waals surface area contributed by atoms with Gasteiger partial charge in [-0.25, -0.2) is 0 Å². The number of fused-ring (bicyclic) bond motifs is 1. The number of benzene rings is 1. The van der Waals surface area contributed by atoms with Gasteiger partial charge < -0.3 is 24.0 Å². The zero-order valence-electron chi connectivity index (χ0n) is 19.5. The molecule has 0 N–H and O–H groups in total. The molecule has 174 valence electrons. The third-order valence-electron chi connectivity index (χ3n) is 6.74. The average Bonchev–Trinajstić information content (AvgIpc) is 3.06. The lowest BCUT2D eigenvalue weighted by atomic mass is 9.76. The van der Waals surface area contributed by atoms with Crippen molar-refractivity contribution >= 4 is 11.7 Å². The van der Waals surface area contributed by atoms with Crippen molar-refractivity contribution in [2.45, 2.75) is 50.9 Å². The van der Waals surface area contributed by atoms with Crippen LogP contribution >= 0.6 is 0 Å². The molecule has 7 heteroatoms. The second kappa shape index (κ2) is 9.63. The lowest BCUT2D eigenvalue weighted by molar-refractivity contribution is -0.138. The molecule has 1 saturated carbocycles. The highest BCUT2D eigenvalue weighted by molar-refractivity contribution is 6.11. The number of carbonyl (C=O) groups excluding carboxylic acids is 2. The van der Waals surface area contributed by atoms with Crippen LogP contribution in [0.3, 0.4) is 0 Å². The van der Waals surface area contributed by atoms with Crippen molar-refractivity contribution in [3.05, 3.63) is 41.2 Å². The Morgan fingerprint density at radius 2 is 1.91 bits per heavy atom. The van der Waals surface area contributed by atoms with Crippen molar-refractivity contribution in [1.29, 1.82) is 0 Å². The standard InChI is InChI=1S/C25H34N2O5/c1-5-31-17-9-7-16(8-10-17)22-21-23(28)19-12-11-18(30-4)15-20(19)32-24(21)25(29)27(22)14-6-13-26(2)3/h7-10,18-20,22H,5-6,11-15H2,1-4H3. The maximum Gasteiger partial charge on any atom is 0.290 e. The first-order valence-electron chi connectivity index (χ1n) is 11.6. The largest absolute Gasteiger partial charge is 0.494 e. The molecule has 0 bridgehead atoms. The molecule has 1 amide bonds. The molecule has 0 radical (unpaired) electrons. The van der Waals surface area contributed by atoms with Crippen LogP contribution in [0.25, 0.3) is 0 Å². The summed E-state index contributed by atoms with van der Waals surface area (Å²) in [6.07, 6.45) is 2.81. The van der Waals surface area contributed by atoms with Crippen molar-refractivity contribution in [3.8, 4) is 5.75 Å². The number of Topliss-reactive ketones (excluding diaryl/α,β-unsaturated/α-hetero) is 1. The summed E-state index contributed by atoms with van der Waals surface area (Å²) in [6.45, 7) is 3.96. The smallest absolute Gasteiger partial charge is 0.290 e. The van der Waals surface area contributed by atoms with E-state index >= 15 is 0 Å². The number of ketones is 1. The highest BCUT2D eigenvalue weighted by Gasteiger charge is 2.52. The predicted molar refractivity (Wildman–Crippen MR) is 120 cm³/mol. The van der Waals surface area contributed by atoms with Gasteiger partial charge in [-0.2, -0.15) is 0 Å². The normalized spacial score (nSPS) is 27.5. The summed E-state index contributed by atoms with van der Waals surface area (Å²) in [5, 5.41) is 0. The predicted octanol–water partition coefficient (Wildman–Crippen LogP) is 2.96. The van der Waals surface area contributed by atoms with E-state index in [1.54, 1.807) is 7.11 Å². The highest BCUT2D eigenvalue weighted by atomic mass is 16.5. The molecular formula is C25H34N2O5. The summed E-state index contributed by atoms with van der Waals surface area (Å²) in [4.78, 5) is 31.0. The monoisotopic (exact) mass is 442 g/mol. The van der Waals surface area contributed by atoms with E-state index in [0.717, 1.165) is 37.1 Å². The molecule has 2 aliphatic heterocycles. The first kappa shape index (κ1) is 22.8. The fraction of sp³-hybridized carbons (Fsp3) is 0.600. The summed E-state index contributed by atoms with van der Waals surface area (Å²) in [5.74, 6) is 0.701. The topological polar surface area (TPSA) is 68.3 Å². The molecule has 3 aliphatic rings. The van der Waals surface area contributed by atoms with Gasteiger partial charge in [-0.05, 0) is 64.5 Å². The Hall–Kier alpha value is -2.38. The maximum atomic E-state index is 13.7. The Morgan fingerprint density at radius 1 is 1.16 bits per heavy atom. The van der Waals surface area contributed by atoms with E-state index in [1.165, 1.54) is 0 Å². The van der Waals surface area contributed by atoms with Crippen molar-refractivity contribution in [2.24, 2.45) is 5.92 Å². The van der Waals surface area contributed by atoms with Crippen LogP contribution in [-0.4, -0.2) is 74.6 Å². The van der Waals surface area contributed by atoms with E-state index < -0.39 is 6.04 Å². The molecule has 1 aromatic rings. The minimum atomic E-state index is -0.413. The summed E-state index contributed by atoms with van der Waals surface area (Å²) >= 11 is 0. The van der Waals surface area contributed by atoms with Gasteiger partial charge in [0, 0.05) is 20.1 Å². The van der Waals surface area contributed by atoms with Gasteiger partial charge in [0.2, 0.25) is 0 Å². The molecule has 4 rings (SSSR count). The Morgan fingerprint density at radius 3 is 2.56 bits per heavy atom. The SMILES string of the molecule is CCOc1ccc(C2C3=C(OC4CC(OC)CCC4C3=O)C(=O)N2CCCN(C)C)cc1. The van der Waals surface area contributed by atoms with Crippen molar-refractivity contribution < 1.29 is 23.8 Å². The third-order valence-corrected chi connectivity index (χ3v) is 6.74. The molecule has 32 heavy (non-hydrogen) atoms. The molecule has 1 aliphatic carbocycles. The lowest BCUT2D eigenvalue weighted by Crippen LogP contribution is -2.43. The maximum absolute atomic E-state index is 13.7. The zero-order chi connectivity index (χ0) is 22.8. The molecule has 4 unspecified atom stereocenters. The van der Waals surface area contributed by atoms with E-state index in [4.69, 9.17) is 14.2 Å². The second-order valence-electron chi connectivity index (χ2n) is 9.10. The highest BCUT2D eigenvalue weighted by Crippen LogP contribution is 2.47. The van der Waals surface area contributed by atoms with Crippen LogP contribution in [0.2, 0.25) is 0 Å². The van der Waals surface area contributed by atoms with Gasteiger partial charge in [0.25, 0.3) is 5.91 Å². The summed E-state index contributed by atoms with van der Waals surface area (Å²) in [7, 11) is 5.72. The molecular weight excluding hydrogens is 408 g/mol. The molecule has 0 spiro atoms. The summed E-state index contributed by atoms with van der Waals surface area (Å²) < 4.78 is 17.3. The quantitative estimate of drug-likeness (QED) is 0.617. The fourth-order valence-electron chi connectivity index (χ4n) is 5.14. The van der Waals surface area contributed by atoms with Crippen LogP contribution < -0.4 is 4.74 Å². The number of nitrogens with zero attached hydrogens (tertiary/aromatic N) is 2. The minimum absolute atomic E-state index is 0.0631. The van der Waals surface area contributed by atoms with E-state index in [1.807, 2.05) is 50.2 Å². The van der Waals surface area contributed by atoms with Crippen LogP contribution in [0.1, 0.15) is 44.2 Å². The van der Waals surface area contributed by atoms with E-state index in [0.29, 0.717) is 25.1 Å². The number of methoxy groups -OCH3 is 1. The van der Waals surface area contributed by atoms with Crippen molar-refractivity contribution in [2.75, 3.05) is 40.9 Å². The van der Waals surface area contributed by atoms with E-state index in [9.17, 15) is 9.59 Å². The van der Waals surface area contributed by atoms with E-state index in [-0.39, 0.29) is 35.6 Å². The van der Waals surface area contributed by atoms with Gasteiger partial charge in [0.15, 0.2) is 11.5 Å². The number of carbonyl (C=O) groups is 2. The third kappa shape index (κ3) is 4.28. The van der Waals surface area contributed by atoms with Gasteiger partial charge in [-0.1, -0.05) is 12.1 Å². The number of ether oxygens (including phenoxy) is 3. The van der Waals surface area contributed by atoms with Crippen LogP contribution in [0.15, 0.2) is 35.6 Å². The summed E-state index contributed by atoms with van der Waals surface area (Å²) in [6, 6.07) is 7.31. The van der Waals surface area contributed by atoms with Gasteiger partial charge in [-0.3, -0.25) is 9.59 Å². The summed E-state index contributed by atoms with van der Waals surface area (Å²) in [5.41, 5.74) is 1.44. The van der Waals surface area contributed by atoms with Crippen molar-refractivity contribution in [1.82, 2.24) is 9.80 Å². The minimum Gasteiger partial charge on any atom is -0.494 e. The van der Waals surface area contributed by atoms with Gasteiger partial charge in [0.05, 0.1) is 30.2 Å². The van der Waals surface area contributed by atoms with Gasteiger partial charge in [0.1, 0.15) is 11.9 Å². The van der Waals surface area contributed by atoms with Crippen LogP contribution in [-0.2, 0) is 19.1 Å². The first-order valence-corrected chi connectivity index (χ1v) is 11.6. The van der Waals surface area contributed by atoms with Crippen LogP contribution in [0, 0.1) is 5.92 Å². The first-order chi connectivity index (χ1) is 15.4. The molecule has 4 atom stereocenters. The molecule has 0 aromatic heterocycles. The Labute approximate surface area is 190 Å². The zero-order valence-corrected chi connectivity index (χ0v) is 19.5. The fourth-order valence-corrected chi connectivity index (χ4v) is 5.14. The van der Waals surface area contributed by atoms with E-state index in [2.05, 4.69) is 4.90 Å². The molecule has 7 nitrogen and oxygen atoms in total. The van der Waals surface area contributed by atoms with Gasteiger partial charge >= 0.3 is 0 Å². The lowest BCUT2D eigenvalue weighted by Gasteiger charge is -2.38. The molecule has 0 saturated heterocycles. The van der Waals surface area contributed by atoms with Crippen molar-refractivity contribution in [3.63, 3.8) is 0 Å². The molecule has 2 heterocycles. The van der Waals surface area contributed by atoms with Crippen LogP contribution in [0.5, 0.6) is 5.75 Å². The Balaban J connectivity index is 1.67. The molecule has 1 fully saturated rings. The number of rotatable bonds is 8. The average molecular weight is 443 g/mol. The molecule has 1 aromatic carbocycles. The Kier molecular flexibility index (Phi) is 6.86. The van der Waals surface area contributed by atoms with Crippen LogP contribution in [0.4, 0.5) is 0 Å².